The Morgan fingerprint density at radius 3 is 2.29 bits per heavy atom. The number of hydrogen-bond acceptors (Lipinski definition) is 1. The van der Waals surface area contributed by atoms with Crippen LogP contribution in [0, 0.1) is 0 Å². The summed E-state index contributed by atoms with van der Waals surface area (Å²) in [6.45, 7) is 0. The fourth-order valence-electron chi connectivity index (χ4n) is 2.38. The van der Waals surface area contributed by atoms with E-state index in [4.69, 9.17) is 23.2 Å². The number of aromatic nitrogens is 1. The maximum Gasteiger partial charge on any atom is 0.131 e. The molecule has 3 heteroatoms. The molecule has 0 saturated heterocycles. The molecule has 86 valence electrons. The molecule has 1 aromatic carbocycles. The van der Waals surface area contributed by atoms with Crippen molar-refractivity contribution < 1.29 is 0 Å². The summed E-state index contributed by atoms with van der Waals surface area (Å²) in [6.07, 6.45) is 3.64. The van der Waals surface area contributed by atoms with Crippen molar-refractivity contribution >= 4 is 23.2 Å². The van der Waals surface area contributed by atoms with Crippen molar-refractivity contribution in [2.75, 3.05) is 0 Å². The van der Waals surface area contributed by atoms with E-state index in [9.17, 15) is 0 Å². The van der Waals surface area contributed by atoms with E-state index < -0.39 is 0 Å². The highest BCUT2D eigenvalue weighted by molar-refractivity contribution is 6.32. The standard InChI is InChI=1S/C14H11Cl2N/c15-13-7-12(8-14(16)17-13)11-5-4-9-2-1-3-10(9)6-11/h4-8H,1-3H2. The van der Waals surface area contributed by atoms with Crippen LogP contribution in [-0.2, 0) is 12.8 Å². The normalized spacial score (nSPS) is 13.8. The number of fused-ring (bicyclic) bond motifs is 1. The Labute approximate surface area is 110 Å². The summed E-state index contributed by atoms with van der Waals surface area (Å²) in [5.41, 5.74) is 5.12. The lowest BCUT2D eigenvalue weighted by Gasteiger charge is -2.06. The van der Waals surface area contributed by atoms with E-state index >= 15 is 0 Å². The van der Waals surface area contributed by atoms with E-state index in [0.29, 0.717) is 10.3 Å². The zero-order chi connectivity index (χ0) is 11.8. The number of hydrogen-bond donors (Lipinski definition) is 0. The molecule has 0 radical (unpaired) electrons. The molecule has 17 heavy (non-hydrogen) atoms. The smallest absolute Gasteiger partial charge is 0.131 e. The van der Waals surface area contributed by atoms with Gasteiger partial charge in [-0.3, -0.25) is 0 Å². The van der Waals surface area contributed by atoms with Crippen LogP contribution >= 0.6 is 23.2 Å². The Morgan fingerprint density at radius 2 is 1.53 bits per heavy atom. The first-order chi connectivity index (χ1) is 8.22. The highest BCUT2D eigenvalue weighted by Gasteiger charge is 2.12. The number of aryl methyl sites for hydroxylation is 2. The maximum absolute atomic E-state index is 5.92. The maximum atomic E-state index is 5.92. The van der Waals surface area contributed by atoms with E-state index in [1.165, 1.54) is 30.4 Å². The molecule has 1 aromatic heterocycles. The molecular formula is C14H11Cl2N. The minimum Gasteiger partial charge on any atom is -0.224 e. The minimum absolute atomic E-state index is 0.438. The molecule has 0 aliphatic heterocycles. The van der Waals surface area contributed by atoms with Gasteiger partial charge in [0.1, 0.15) is 10.3 Å². The van der Waals surface area contributed by atoms with Gasteiger partial charge in [-0.05, 0) is 53.6 Å². The predicted octanol–water partition coefficient (Wildman–Crippen LogP) is 4.54. The SMILES string of the molecule is Clc1cc(-c2ccc3c(c2)CCC3)cc(Cl)n1. The summed E-state index contributed by atoms with van der Waals surface area (Å²) in [7, 11) is 0. The Kier molecular flexibility index (Phi) is 2.81. The molecule has 0 N–H and O–H groups in total. The zero-order valence-electron chi connectivity index (χ0n) is 9.21. The third-order valence-electron chi connectivity index (χ3n) is 3.19. The van der Waals surface area contributed by atoms with Crippen LogP contribution in [0.4, 0.5) is 0 Å². The second-order valence-corrected chi connectivity index (χ2v) is 5.11. The van der Waals surface area contributed by atoms with E-state index in [-0.39, 0.29) is 0 Å². The number of benzene rings is 1. The molecular weight excluding hydrogens is 253 g/mol. The van der Waals surface area contributed by atoms with E-state index in [1.54, 1.807) is 0 Å². The Balaban J connectivity index is 2.09. The average Bonchev–Trinajstić information content (AvgIpc) is 2.74. The summed E-state index contributed by atoms with van der Waals surface area (Å²) in [5, 5.41) is 0.876. The predicted molar refractivity (Wildman–Crippen MR) is 71.7 cm³/mol. The number of pyridine rings is 1. The van der Waals surface area contributed by atoms with Gasteiger partial charge in [-0.2, -0.15) is 0 Å². The van der Waals surface area contributed by atoms with Crippen LogP contribution in [0.3, 0.4) is 0 Å². The molecule has 0 fully saturated rings. The van der Waals surface area contributed by atoms with Crippen LogP contribution in [0.15, 0.2) is 30.3 Å². The van der Waals surface area contributed by atoms with E-state index in [2.05, 4.69) is 23.2 Å². The number of nitrogens with zero attached hydrogens (tertiary/aromatic N) is 1. The molecule has 0 bridgehead atoms. The van der Waals surface area contributed by atoms with Crippen molar-refractivity contribution in [2.45, 2.75) is 19.3 Å². The molecule has 1 nitrogen and oxygen atoms in total. The molecule has 1 aliphatic carbocycles. The molecule has 3 rings (SSSR count). The van der Waals surface area contributed by atoms with Gasteiger partial charge in [0, 0.05) is 0 Å². The second kappa shape index (κ2) is 4.32. The first kappa shape index (κ1) is 11.1. The van der Waals surface area contributed by atoms with Gasteiger partial charge < -0.3 is 0 Å². The lowest BCUT2D eigenvalue weighted by molar-refractivity contribution is 0.912. The average molecular weight is 264 g/mol. The van der Waals surface area contributed by atoms with Crippen molar-refractivity contribution in [3.05, 3.63) is 51.8 Å². The Bertz CT molecular complexity index is 558. The minimum atomic E-state index is 0.438. The molecule has 0 atom stereocenters. The van der Waals surface area contributed by atoms with Crippen LogP contribution < -0.4 is 0 Å². The quantitative estimate of drug-likeness (QED) is 0.689. The molecule has 1 heterocycles. The zero-order valence-corrected chi connectivity index (χ0v) is 10.7. The highest BCUT2D eigenvalue weighted by Crippen LogP contribution is 2.30. The molecule has 2 aromatic rings. The Hall–Kier alpha value is -1.05. The first-order valence-electron chi connectivity index (χ1n) is 5.68. The largest absolute Gasteiger partial charge is 0.224 e. The first-order valence-corrected chi connectivity index (χ1v) is 6.43. The molecule has 0 spiro atoms. The van der Waals surface area contributed by atoms with Crippen molar-refractivity contribution in [2.24, 2.45) is 0 Å². The summed E-state index contributed by atoms with van der Waals surface area (Å²) >= 11 is 11.8. The van der Waals surface area contributed by atoms with Crippen LogP contribution in [0.1, 0.15) is 17.5 Å². The van der Waals surface area contributed by atoms with Gasteiger partial charge in [0.2, 0.25) is 0 Å². The summed E-state index contributed by atoms with van der Waals surface area (Å²) in [6, 6.07) is 10.3. The van der Waals surface area contributed by atoms with Crippen LogP contribution in [-0.4, -0.2) is 4.98 Å². The fourth-order valence-corrected chi connectivity index (χ4v) is 2.84. The van der Waals surface area contributed by atoms with Gasteiger partial charge in [-0.1, -0.05) is 41.4 Å². The molecule has 0 saturated carbocycles. The van der Waals surface area contributed by atoms with E-state index in [1.807, 2.05) is 12.1 Å². The molecule has 1 aliphatic rings. The molecule has 0 amide bonds. The monoisotopic (exact) mass is 263 g/mol. The van der Waals surface area contributed by atoms with Gasteiger partial charge in [-0.25, -0.2) is 4.98 Å². The van der Waals surface area contributed by atoms with Gasteiger partial charge in [0.05, 0.1) is 0 Å². The third kappa shape index (κ3) is 2.18. The highest BCUT2D eigenvalue weighted by atomic mass is 35.5. The van der Waals surface area contributed by atoms with Crippen molar-refractivity contribution in [1.29, 1.82) is 0 Å². The van der Waals surface area contributed by atoms with Crippen molar-refractivity contribution in [1.82, 2.24) is 4.98 Å². The fraction of sp³-hybridized carbons (Fsp3) is 0.214. The Morgan fingerprint density at radius 1 is 0.824 bits per heavy atom. The van der Waals surface area contributed by atoms with Crippen LogP contribution in [0.2, 0.25) is 10.3 Å². The van der Waals surface area contributed by atoms with Crippen LogP contribution in [0.5, 0.6) is 0 Å². The van der Waals surface area contributed by atoms with Crippen molar-refractivity contribution in [3.63, 3.8) is 0 Å². The number of rotatable bonds is 1. The molecule has 0 unspecified atom stereocenters. The van der Waals surface area contributed by atoms with E-state index in [0.717, 1.165) is 11.1 Å². The van der Waals surface area contributed by atoms with Gasteiger partial charge in [0.25, 0.3) is 0 Å². The van der Waals surface area contributed by atoms with Gasteiger partial charge >= 0.3 is 0 Å². The van der Waals surface area contributed by atoms with Crippen molar-refractivity contribution in [3.8, 4) is 11.1 Å². The van der Waals surface area contributed by atoms with Gasteiger partial charge in [0.15, 0.2) is 0 Å². The topological polar surface area (TPSA) is 12.9 Å². The third-order valence-corrected chi connectivity index (χ3v) is 3.58. The summed E-state index contributed by atoms with van der Waals surface area (Å²) in [4.78, 5) is 3.96. The summed E-state index contributed by atoms with van der Waals surface area (Å²) < 4.78 is 0. The lowest BCUT2D eigenvalue weighted by atomic mass is 10.0. The van der Waals surface area contributed by atoms with Gasteiger partial charge in [-0.15, -0.1) is 0 Å². The lowest BCUT2D eigenvalue weighted by Crippen LogP contribution is -1.86. The van der Waals surface area contributed by atoms with Crippen LogP contribution in [0.25, 0.3) is 11.1 Å². The second-order valence-electron chi connectivity index (χ2n) is 4.34. The summed E-state index contributed by atoms with van der Waals surface area (Å²) in [5.74, 6) is 0. The number of halogens is 2.